The van der Waals surface area contributed by atoms with E-state index in [2.05, 4.69) is 5.43 Å². The number of carbonyl (C=O) groups excluding carboxylic acids is 3. The van der Waals surface area contributed by atoms with Gasteiger partial charge in [-0.25, -0.2) is 4.79 Å². The highest BCUT2D eigenvalue weighted by atomic mass is 16.5. The first kappa shape index (κ1) is 22.6. The Morgan fingerprint density at radius 1 is 0.875 bits per heavy atom. The largest absolute Gasteiger partial charge is 0.493 e. The molecule has 166 valence electrons. The zero-order valence-electron chi connectivity index (χ0n) is 18.3. The molecule has 0 aliphatic rings. The van der Waals surface area contributed by atoms with Crippen LogP contribution < -0.4 is 14.9 Å². The summed E-state index contributed by atoms with van der Waals surface area (Å²) in [7, 11) is 2.95. The molecule has 0 saturated heterocycles. The average Bonchev–Trinajstić information content (AvgIpc) is 3.10. The summed E-state index contributed by atoms with van der Waals surface area (Å²) in [5, 5.41) is 0. The third-order valence-corrected chi connectivity index (χ3v) is 4.93. The summed E-state index contributed by atoms with van der Waals surface area (Å²) in [6, 6.07) is 15.0. The molecule has 0 aliphatic heterocycles. The number of amides is 1. The third kappa shape index (κ3) is 4.80. The molecule has 1 N–H and O–H groups in total. The molecule has 0 unspecified atom stereocenters. The first-order valence-electron chi connectivity index (χ1n) is 9.83. The first-order chi connectivity index (χ1) is 15.3. The minimum absolute atomic E-state index is 0.232. The standard InChI is InChI=1S/C24H24N2O6/c1-15-12-19(16(2)26(15)25-23(28)17-8-6-5-7-9-17)20(27)14-32-24(29)18-10-11-21(30-3)22(13-18)31-4/h5-13H,14H2,1-4H3,(H,25,28). The van der Waals surface area contributed by atoms with E-state index in [1.165, 1.54) is 26.4 Å². The SMILES string of the molecule is COc1ccc(C(=O)OCC(=O)c2cc(C)n(NC(=O)c3ccccc3)c2C)cc1OC. The van der Waals surface area contributed by atoms with Crippen LogP contribution in [0, 0.1) is 13.8 Å². The fourth-order valence-electron chi connectivity index (χ4n) is 3.23. The van der Waals surface area contributed by atoms with Crippen molar-refractivity contribution in [1.82, 2.24) is 4.68 Å². The molecule has 0 saturated carbocycles. The highest BCUT2D eigenvalue weighted by molar-refractivity contribution is 6.02. The van der Waals surface area contributed by atoms with Gasteiger partial charge in [0.1, 0.15) is 0 Å². The Labute approximate surface area is 185 Å². The van der Waals surface area contributed by atoms with Gasteiger partial charge in [-0.1, -0.05) is 18.2 Å². The average molecular weight is 436 g/mol. The van der Waals surface area contributed by atoms with Crippen LogP contribution in [0.3, 0.4) is 0 Å². The maximum Gasteiger partial charge on any atom is 0.338 e. The smallest absolute Gasteiger partial charge is 0.338 e. The number of ether oxygens (including phenoxy) is 3. The topological polar surface area (TPSA) is 95.9 Å². The number of aryl methyl sites for hydroxylation is 1. The molecule has 3 rings (SSSR count). The van der Waals surface area contributed by atoms with Gasteiger partial charge in [0.15, 0.2) is 18.1 Å². The third-order valence-electron chi connectivity index (χ3n) is 4.93. The minimum atomic E-state index is -0.662. The lowest BCUT2D eigenvalue weighted by molar-refractivity contribution is 0.0474. The Bertz CT molecular complexity index is 1150. The normalized spacial score (nSPS) is 10.4. The minimum Gasteiger partial charge on any atom is -0.493 e. The number of nitrogens with one attached hydrogen (secondary N) is 1. The van der Waals surface area contributed by atoms with Crippen LogP contribution in [0.15, 0.2) is 54.6 Å². The van der Waals surface area contributed by atoms with Gasteiger partial charge in [-0.15, -0.1) is 0 Å². The number of benzene rings is 2. The number of hydrogen-bond donors (Lipinski definition) is 1. The number of carbonyl (C=O) groups is 3. The number of esters is 1. The first-order valence-corrected chi connectivity index (χ1v) is 9.83. The fourth-order valence-corrected chi connectivity index (χ4v) is 3.23. The van der Waals surface area contributed by atoms with E-state index in [1.54, 1.807) is 54.9 Å². The lowest BCUT2D eigenvalue weighted by Gasteiger charge is -2.12. The molecule has 0 fully saturated rings. The van der Waals surface area contributed by atoms with Crippen LogP contribution in [-0.4, -0.2) is 43.2 Å². The van der Waals surface area contributed by atoms with Crippen LogP contribution in [0.4, 0.5) is 0 Å². The van der Waals surface area contributed by atoms with Gasteiger partial charge in [-0.3, -0.25) is 19.7 Å². The second-order valence-corrected chi connectivity index (χ2v) is 7.00. The molecule has 0 atom stereocenters. The van der Waals surface area contributed by atoms with Crippen molar-refractivity contribution in [3.8, 4) is 11.5 Å². The van der Waals surface area contributed by atoms with Crippen LogP contribution in [0.2, 0.25) is 0 Å². The molecule has 1 aromatic heterocycles. The summed E-state index contributed by atoms with van der Waals surface area (Å²) in [4.78, 5) is 37.5. The van der Waals surface area contributed by atoms with Crippen molar-refractivity contribution in [3.63, 3.8) is 0 Å². The lowest BCUT2D eigenvalue weighted by atomic mass is 10.1. The van der Waals surface area contributed by atoms with E-state index in [4.69, 9.17) is 14.2 Å². The Morgan fingerprint density at radius 3 is 2.22 bits per heavy atom. The second kappa shape index (κ2) is 9.82. The van der Waals surface area contributed by atoms with E-state index in [0.29, 0.717) is 34.0 Å². The van der Waals surface area contributed by atoms with Gasteiger partial charge in [0.2, 0.25) is 5.78 Å². The van der Waals surface area contributed by atoms with Gasteiger partial charge >= 0.3 is 5.97 Å². The van der Waals surface area contributed by atoms with E-state index in [0.717, 1.165) is 0 Å². The summed E-state index contributed by atoms with van der Waals surface area (Å²) >= 11 is 0. The van der Waals surface area contributed by atoms with E-state index in [1.807, 2.05) is 6.07 Å². The Hall–Kier alpha value is -4.07. The second-order valence-electron chi connectivity index (χ2n) is 7.00. The van der Waals surface area contributed by atoms with Gasteiger partial charge in [-0.05, 0) is 50.2 Å². The van der Waals surface area contributed by atoms with Gasteiger partial charge in [0.05, 0.1) is 19.8 Å². The summed E-state index contributed by atoms with van der Waals surface area (Å²) in [6.07, 6.45) is 0. The van der Waals surface area contributed by atoms with Crippen molar-refractivity contribution in [3.05, 3.63) is 82.7 Å². The summed E-state index contributed by atoms with van der Waals surface area (Å²) in [5.41, 5.74) is 5.07. The molecular weight excluding hydrogens is 412 g/mol. The van der Waals surface area contributed by atoms with Crippen LogP contribution in [0.1, 0.15) is 42.5 Å². The van der Waals surface area contributed by atoms with Crippen molar-refractivity contribution in [2.75, 3.05) is 26.3 Å². The number of nitrogens with zero attached hydrogens (tertiary/aromatic N) is 1. The van der Waals surface area contributed by atoms with Crippen molar-refractivity contribution in [2.24, 2.45) is 0 Å². The van der Waals surface area contributed by atoms with Crippen molar-refractivity contribution in [2.45, 2.75) is 13.8 Å². The quantitative estimate of drug-likeness (QED) is 0.429. The summed E-state index contributed by atoms with van der Waals surface area (Å²) in [6.45, 7) is 3.04. The van der Waals surface area contributed by atoms with E-state index >= 15 is 0 Å². The predicted octanol–water partition coefficient (Wildman–Crippen LogP) is 3.55. The monoisotopic (exact) mass is 436 g/mol. The van der Waals surface area contributed by atoms with Crippen molar-refractivity contribution in [1.29, 1.82) is 0 Å². The van der Waals surface area contributed by atoms with E-state index in [9.17, 15) is 14.4 Å². The van der Waals surface area contributed by atoms with Crippen molar-refractivity contribution < 1.29 is 28.6 Å². The van der Waals surface area contributed by atoms with Gasteiger partial charge in [-0.2, -0.15) is 0 Å². The van der Waals surface area contributed by atoms with E-state index < -0.39 is 12.6 Å². The Kier molecular flexibility index (Phi) is 6.94. The lowest BCUT2D eigenvalue weighted by Crippen LogP contribution is -2.25. The number of Topliss-reactive ketones (excluding diaryl/α,β-unsaturated/α-hetero) is 1. The maximum atomic E-state index is 12.7. The maximum absolute atomic E-state index is 12.7. The van der Waals surface area contributed by atoms with Gasteiger partial charge in [0.25, 0.3) is 5.91 Å². The van der Waals surface area contributed by atoms with Crippen LogP contribution in [0.5, 0.6) is 11.5 Å². The molecule has 32 heavy (non-hydrogen) atoms. The van der Waals surface area contributed by atoms with Crippen LogP contribution >= 0.6 is 0 Å². The van der Waals surface area contributed by atoms with E-state index in [-0.39, 0.29) is 17.3 Å². The van der Waals surface area contributed by atoms with Crippen LogP contribution in [-0.2, 0) is 4.74 Å². The summed E-state index contributed by atoms with van der Waals surface area (Å²) < 4.78 is 17.1. The zero-order chi connectivity index (χ0) is 23.3. The van der Waals surface area contributed by atoms with Crippen molar-refractivity contribution >= 4 is 17.7 Å². The highest BCUT2D eigenvalue weighted by Crippen LogP contribution is 2.27. The molecule has 3 aromatic rings. The number of methoxy groups -OCH3 is 2. The molecule has 2 aromatic carbocycles. The molecular formula is C24H24N2O6. The molecule has 0 radical (unpaired) electrons. The Balaban J connectivity index is 1.69. The number of ketones is 1. The molecule has 1 heterocycles. The molecule has 8 heteroatoms. The van der Waals surface area contributed by atoms with Gasteiger partial charge in [0, 0.05) is 22.5 Å². The van der Waals surface area contributed by atoms with Gasteiger partial charge < -0.3 is 14.2 Å². The zero-order valence-corrected chi connectivity index (χ0v) is 18.3. The fraction of sp³-hybridized carbons (Fsp3) is 0.208. The predicted molar refractivity (Wildman–Crippen MR) is 118 cm³/mol. The van der Waals surface area contributed by atoms with Crippen LogP contribution in [0.25, 0.3) is 0 Å². The molecule has 1 amide bonds. The Morgan fingerprint density at radius 2 is 1.56 bits per heavy atom. The molecule has 0 aliphatic carbocycles. The molecule has 0 bridgehead atoms. The molecule has 8 nitrogen and oxygen atoms in total. The summed E-state index contributed by atoms with van der Waals surface area (Å²) in [5.74, 6) is -0.486. The number of aromatic nitrogens is 1. The molecule has 0 spiro atoms. The highest BCUT2D eigenvalue weighted by Gasteiger charge is 2.20. The number of hydrogen-bond acceptors (Lipinski definition) is 6. The number of rotatable bonds is 8.